The summed E-state index contributed by atoms with van der Waals surface area (Å²) >= 11 is 1.47. The monoisotopic (exact) mass is 462 g/mol. The average Bonchev–Trinajstić information content (AvgIpc) is 3.21. The van der Waals surface area contributed by atoms with Crippen LogP contribution in [0.1, 0.15) is 53.0 Å². The summed E-state index contributed by atoms with van der Waals surface area (Å²) in [4.78, 5) is 15.0. The number of likely N-dealkylation sites (tertiary alicyclic amines) is 1. The standard InChI is InChI=1S/C27H34N4OS/c1-19-15-16-30(20(2)17-19)24(32)18-33-26-29-28-25(31(26)23-9-7-6-8-10-23)21-11-13-22(14-12-21)27(3,4)5/h6-14,19-20H,15-18H2,1-5H3/t19-,20+/m0/s1. The van der Waals surface area contributed by atoms with Gasteiger partial charge in [0.25, 0.3) is 0 Å². The van der Waals surface area contributed by atoms with Crippen LogP contribution >= 0.6 is 11.8 Å². The zero-order valence-corrected chi connectivity index (χ0v) is 21.1. The molecule has 33 heavy (non-hydrogen) atoms. The molecule has 1 aromatic heterocycles. The number of thioether (sulfide) groups is 1. The first-order chi connectivity index (χ1) is 15.7. The molecule has 3 aromatic rings. The van der Waals surface area contributed by atoms with Gasteiger partial charge in [0.1, 0.15) is 0 Å². The van der Waals surface area contributed by atoms with E-state index in [0.29, 0.717) is 17.7 Å². The Hall–Kier alpha value is -2.60. The second-order valence-corrected chi connectivity index (χ2v) is 11.1. The van der Waals surface area contributed by atoms with E-state index in [1.165, 1.54) is 17.3 Å². The molecule has 1 aliphatic heterocycles. The smallest absolute Gasteiger partial charge is 0.233 e. The minimum Gasteiger partial charge on any atom is -0.339 e. The Morgan fingerprint density at radius 1 is 1.03 bits per heavy atom. The van der Waals surface area contributed by atoms with Crippen LogP contribution in [0.25, 0.3) is 17.1 Å². The summed E-state index contributed by atoms with van der Waals surface area (Å²) in [6, 6.07) is 19.0. The van der Waals surface area contributed by atoms with Crippen molar-refractivity contribution in [3.05, 3.63) is 60.2 Å². The highest BCUT2D eigenvalue weighted by atomic mass is 32.2. The maximum absolute atomic E-state index is 13.0. The van der Waals surface area contributed by atoms with Crippen LogP contribution in [0.5, 0.6) is 0 Å². The van der Waals surface area contributed by atoms with E-state index in [1.807, 2.05) is 23.1 Å². The first-order valence-electron chi connectivity index (χ1n) is 11.8. The molecule has 2 heterocycles. The number of hydrogen-bond acceptors (Lipinski definition) is 4. The van der Waals surface area contributed by atoms with E-state index >= 15 is 0 Å². The third-order valence-electron chi connectivity index (χ3n) is 6.44. The molecule has 5 nitrogen and oxygen atoms in total. The van der Waals surface area contributed by atoms with Gasteiger partial charge in [-0.1, -0.05) is 81.9 Å². The molecule has 0 saturated carbocycles. The van der Waals surface area contributed by atoms with Crippen molar-refractivity contribution in [3.63, 3.8) is 0 Å². The van der Waals surface area contributed by atoms with Crippen LogP contribution in [0.3, 0.4) is 0 Å². The van der Waals surface area contributed by atoms with Gasteiger partial charge < -0.3 is 4.90 Å². The quantitative estimate of drug-likeness (QED) is 0.438. The molecule has 0 bridgehead atoms. The lowest BCUT2D eigenvalue weighted by Gasteiger charge is -2.36. The molecule has 4 rings (SSSR count). The molecule has 0 unspecified atom stereocenters. The van der Waals surface area contributed by atoms with Crippen molar-refractivity contribution < 1.29 is 4.79 Å². The Bertz CT molecular complexity index is 1090. The Morgan fingerprint density at radius 3 is 2.36 bits per heavy atom. The number of carbonyl (C=O) groups is 1. The summed E-state index contributed by atoms with van der Waals surface area (Å²) in [6.07, 6.45) is 2.15. The molecule has 1 fully saturated rings. The maximum Gasteiger partial charge on any atom is 0.233 e. The van der Waals surface area contributed by atoms with Crippen molar-refractivity contribution in [3.8, 4) is 17.1 Å². The fraction of sp³-hybridized carbons (Fsp3) is 0.444. The van der Waals surface area contributed by atoms with E-state index in [1.54, 1.807) is 0 Å². The molecule has 6 heteroatoms. The number of carbonyl (C=O) groups excluding carboxylic acids is 1. The maximum atomic E-state index is 13.0. The zero-order chi connectivity index (χ0) is 23.6. The number of rotatable bonds is 5. The lowest BCUT2D eigenvalue weighted by atomic mass is 9.87. The Kier molecular flexibility index (Phi) is 6.94. The third kappa shape index (κ3) is 5.32. The second-order valence-electron chi connectivity index (χ2n) is 10.2. The average molecular weight is 463 g/mol. The summed E-state index contributed by atoms with van der Waals surface area (Å²) in [6.45, 7) is 11.9. The number of benzene rings is 2. The van der Waals surface area contributed by atoms with Gasteiger partial charge in [-0.2, -0.15) is 0 Å². The predicted octanol–water partition coefficient (Wildman–Crippen LogP) is 5.97. The summed E-state index contributed by atoms with van der Waals surface area (Å²) < 4.78 is 2.06. The van der Waals surface area contributed by atoms with Crippen molar-refractivity contribution in [1.82, 2.24) is 19.7 Å². The van der Waals surface area contributed by atoms with Crippen LogP contribution in [-0.4, -0.2) is 43.9 Å². The van der Waals surface area contributed by atoms with E-state index in [0.717, 1.165) is 41.6 Å². The van der Waals surface area contributed by atoms with E-state index < -0.39 is 0 Å². The van der Waals surface area contributed by atoms with E-state index in [4.69, 9.17) is 0 Å². The van der Waals surface area contributed by atoms with Gasteiger partial charge in [0.05, 0.1) is 5.75 Å². The molecule has 0 aliphatic carbocycles. The largest absolute Gasteiger partial charge is 0.339 e. The van der Waals surface area contributed by atoms with Gasteiger partial charge in [-0.15, -0.1) is 10.2 Å². The molecule has 2 aromatic carbocycles. The van der Waals surface area contributed by atoms with E-state index in [2.05, 4.69) is 85.8 Å². The fourth-order valence-electron chi connectivity index (χ4n) is 4.47. The second kappa shape index (κ2) is 9.72. The van der Waals surface area contributed by atoms with Gasteiger partial charge in [0.2, 0.25) is 5.91 Å². The van der Waals surface area contributed by atoms with Crippen LogP contribution in [-0.2, 0) is 10.2 Å². The number of para-hydroxylation sites is 1. The molecule has 1 aliphatic rings. The van der Waals surface area contributed by atoms with Crippen molar-refractivity contribution in [1.29, 1.82) is 0 Å². The van der Waals surface area contributed by atoms with Crippen molar-refractivity contribution in [2.75, 3.05) is 12.3 Å². The number of piperidine rings is 1. The van der Waals surface area contributed by atoms with Gasteiger partial charge in [-0.3, -0.25) is 9.36 Å². The molecule has 1 saturated heterocycles. The lowest BCUT2D eigenvalue weighted by Crippen LogP contribution is -2.45. The number of hydrogen-bond donors (Lipinski definition) is 0. The SMILES string of the molecule is C[C@H]1CCN(C(=O)CSc2nnc(-c3ccc(C(C)(C)C)cc3)n2-c2ccccc2)[C@H](C)C1. The number of nitrogens with zero attached hydrogens (tertiary/aromatic N) is 4. The van der Waals surface area contributed by atoms with Crippen molar-refractivity contribution in [2.45, 2.75) is 64.1 Å². The van der Waals surface area contributed by atoms with Gasteiger partial charge in [-0.05, 0) is 48.8 Å². The Morgan fingerprint density at radius 2 is 1.73 bits per heavy atom. The van der Waals surface area contributed by atoms with Crippen LogP contribution in [0.4, 0.5) is 0 Å². The molecular formula is C27H34N4OS. The molecule has 0 radical (unpaired) electrons. The molecule has 2 atom stereocenters. The van der Waals surface area contributed by atoms with Gasteiger partial charge in [-0.25, -0.2) is 0 Å². The number of amides is 1. The zero-order valence-electron chi connectivity index (χ0n) is 20.3. The highest BCUT2D eigenvalue weighted by Crippen LogP contribution is 2.31. The van der Waals surface area contributed by atoms with Crippen LogP contribution in [0.15, 0.2) is 59.8 Å². The first-order valence-corrected chi connectivity index (χ1v) is 12.8. The molecule has 0 N–H and O–H groups in total. The first kappa shape index (κ1) is 23.6. The predicted molar refractivity (Wildman–Crippen MR) is 136 cm³/mol. The highest BCUT2D eigenvalue weighted by Gasteiger charge is 2.27. The van der Waals surface area contributed by atoms with Crippen molar-refractivity contribution >= 4 is 17.7 Å². The van der Waals surface area contributed by atoms with Crippen molar-refractivity contribution in [2.24, 2.45) is 5.92 Å². The topological polar surface area (TPSA) is 51.0 Å². The molecule has 174 valence electrons. The van der Waals surface area contributed by atoms with Gasteiger partial charge >= 0.3 is 0 Å². The fourth-order valence-corrected chi connectivity index (χ4v) is 5.30. The Balaban J connectivity index is 1.60. The highest BCUT2D eigenvalue weighted by molar-refractivity contribution is 7.99. The van der Waals surface area contributed by atoms with E-state index in [9.17, 15) is 4.79 Å². The Labute approximate surface area is 201 Å². The van der Waals surface area contributed by atoms with Crippen LogP contribution < -0.4 is 0 Å². The summed E-state index contributed by atoms with van der Waals surface area (Å²) in [7, 11) is 0. The number of aromatic nitrogens is 3. The van der Waals surface area contributed by atoms with Crippen LogP contribution in [0, 0.1) is 5.92 Å². The summed E-state index contributed by atoms with van der Waals surface area (Å²) in [5.41, 5.74) is 3.38. The minimum absolute atomic E-state index is 0.0936. The van der Waals surface area contributed by atoms with E-state index in [-0.39, 0.29) is 11.3 Å². The lowest BCUT2D eigenvalue weighted by molar-refractivity contribution is -0.132. The molecule has 0 spiro atoms. The van der Waals surface area contributed by atoms with Crippen LogP contribution in [0.2, 0.25) is 0 Å². The summed E-state index contributed by atoms with van der Waals surface area (Å²) in [5, 5.41) is 9.77. The molecule has 1 amide bonds. The summed E-state index contributed by atoms with van der Waals surface area (Å²) in [5.74, 6) is 2.02. The third-order valence-corrected chi connectivity index (χ3v) is 7.35. The molecular weight excluding hydrogens is 428 g/mol. The van der Waals surface area contributed by atoms with Gasteiger partial charge in [0.15, 0.2) is 11.0 Å². The van der Waals surface area contributed by atoms with Gasteiger partial charge in [0, 0.05) is 23.8 Å². The minimum atomic E-state index is 0.0936. The normalized spacial score (nSPS) is 19.0.